The van der Waals surface area contributed by atoms with Gasteiger partial charge in [0.25, 0.3) is 0 Å². The van der Waals surface area contributed by atoms with Gasteiger partial charge in [-0.1, -0.05) is 6.07 Å². The molecule has 5 heteroatoms. The number of H-pyrrole nitrogens is 1. The van der Waals surface area contributed by atoms with Gasteiger partial charge in [0.2, 0.25) is 0 Å². The standard InChI is InChI=1S/C12H14N2O2S/c1-16-10-4-2-3-9-11(10)13-12(15)14(9)8-5-6-17-7-8/h2-4,8H,5-7H2,1H3,(H,13,15). The fourth-order valence-electron chi connectivity index (χ4n) is 2.38. The molecule has 1 atom stereocenters. The highest BCUT2D eigenvalue weighted by molar-refractivity contribution is 7.99. The van der Waals surface area contributed by atoms with E-state index in [9.17, 15) is 4.79 Å². The maximum Gasteiger partial charge on any atom is 0.326 e. The molecule has 1 N–H and O–H groups in total. The molecule has 2 heterocycles. The van der Waals surface area contributed by atoms with Crippen molar-refractivity contribution in [1.29, 1.82) is 0 Å². The van der Waals surface area contributed by atoms with Crippen molar-refractivity contribution >= 4 is 22.8 Å². The number of aromatic nitrogens is 2. The summed E-state index contributed by atoms with van der Waals surface area (Å²) in [4.78, 5) is 14.9. The lowest BCUT2D eigenvalue weighted by Crippen LogP contribution is -2.21. The number of imidazole rings is 1. The van der Waals surface area contributed by atoms with Gasteiger partial charge in [0.1, 0.15) is 11.3 Å². The molecular weight excluding hydrogens is 236 g/mol. The van der Waals surface area contributed by atoms with Crippen LogP contribution in [0, 0.1) is 0 Å². The number of nitrogens with one attached hydrogen (secondary N) is 1. The van der Waals surface area contributed by atoms with Gasteiger partial charge >= 0.3 is 5.69 Å². The molecule has 90 valence electrons. The van der Waals surface area contributed by atoms with Crippen molar-refractivity contribution in [3.8, 4) is 5.75 Å². The lowest BCUT2D eigenvalue weighted by atomic mass is 10.2. The van der Waals surface area contributed by atoms with Crippen LogP contribution in [0.1, 0.15) is 12.5 Å². The van der Waals surface area contributed by atoms with Gasteiger partial charge in [-0.25, -0.2) is 4.79 Å². The molecule has 17 heavy (non-hydrogen) atoms. The Balaban J connectivity index is 2.24. The van der Waals surface area contributed by atoms with Crippen LogP contribution < -0.4 is 10.4 Å². The summed E-state index contributed by atoms with van der Waals surface area (Å²) >= 11 is 1.90. The van der Waals surface area contributed by atoms with Gasteiger partial charge in [-0.05, 0) is 24.3 Å². The molecule has 1 saturated heterocycles. The van der Waals surface area contributed by atoms with E-state index in [-0.39, 0.29) is 5.69 Å². The number of rotatable bonds is 2. The fraction of sp³-hybridized carbons (Fsp3) is 0.417. The zero-order valence-electron chi connectivity index (χ0n) is 9.60. The third-order valence-corrected chi connectivity index (χ3v) is 4.35. The molecule has 0 radical (unpaired) electrons. The number of hydrogen-bond donors (Lipinski definition) is 1. The Morgan fingerprint density at radius 3 is 3.12 bits per heavy atom. The van der Waals surface area contributed by atoms with E-state index in [1.807, 2.05) is 34.5 Å². The van der Waals surface area contributed by atoms with E-state index in [1.54, 1.807) is 7.11 Å². The van der Waals surface area contributed by atoms with Crippen LogP contribution in [0.4, 0.5) is 0 Å². The molecule has 0 saturated carbocycles. The average molecular weight is 250 g/mol. The quantitative estimate of drug-likeness (QED) is 0.887. The lowest BCUT2D eigenvalue weighted by Gasteiger charge is -2.10. The third-order valence-electron chi connectivity index (χ3n) is 3.21. The Hall–Kier alpha value is -1.36. The first-order valence-corrected chi connectivity index (χ1v) is 6.81. The van der Waals surface area contributed by atoms with Crippen molar-refractivity contribution in [3.63, 3.8) is 0 Å². The summed E-state index contributed by atoms with van der Waals surface area (Å²) < 4.78 is 7.14. The topological polar surface area (TPSA) is 47.0 Å². The molecule has 4 nitrogen and oxygen atoms in total. The van der Waals surface area contributed by atoms with E-state index in [2.05, 4.69) is 4.98 Å². The van der Waals surface area contributed by atoms with Gasteiger partial charge in [0.05, 0.1) is 12.6 Å². The summed E-state index contributed by atoms with van der Waals surface area (Å²) in [6.07, 6.45) is 1.06. The van der Waals surface area contributed by atoms with Crippen molar-refractivity contribution in [3.05, 3.63) is 28.7 Å². The minimum absolute atomic E-state index is 0.0306. The first-order valence-electron chi connectivity index (χ1n) is 5.66. The van der Waals surface area contributed by atoms with E-state index in [1.165, 1.54) is 0 Å². The molecule has 1 aromatic carbocycles. The molecule has 1 aliphatic rings. The van der Waals surface area contributed by atoms with Crippen molar-refractivity contribution in [2.24, 2.45) is 0 Å². The predicted octanol–water partition coefficient (Wildman–Crippen LogP) is 2.02. The summed E-state index contributed by atoms with van der Waals surface area (Å²) in [7, 11) is 1.62. The third kappa shape index (κ3) is 1.65. The van der Waals surface area contributed by atoms with Crippen molar-refractivity contribution in [1.82, 2.24) is 9.55 Å². The highest BCUT2D eigenvalue weighted by atomic mass is 32.2. The number of para-hydroxylation sites is 1. The largest absolute Gasteiger partial charge is 0.494 e. The maximum atomic E-state index is 12.0. The van der Waals surface area contributed by atoms with Crippen LogP contribution in [-0.2, 0) is 0 Å². The van der Waals surface area contributed by atoms with Crippen molar-refractivity contribution in [2.45, 2.75) is 12.5 Å². The fourth-order valence-corrected chi connectivity index (χ4v) is 3.57. The number of ether oxygens (including phenoxy) is 1. The van der Waals surface area contributed by atoms with E-state index in [4.69, 9.17) is 4.74 Å². The van der Waals surface area contributed by atoms with Gasteiger partial charge in [-0.15, -0.1) is 0 Å². The van der Waals surface area contributed by atoms with Gasteiger partial charge in [-0.3, -0.25) is 4.57 Å². The van der Waals surface area contributed by atoms with Gasteiger partial charge in [0, 0.05) is 11.8 Å². The molecule has 0 spiro atoms. The average Bonchev–Trinajstić information content (AvgIpc) is 2.93. The van der Waals surface area contributed by atoms with E-state index < -0.39 is 0 Å². The second-order valence-electron chi connectivity index (χ2n) is 4.17. The molecule has 1 aliphatic heterocycles. The summed E-state index contributed by atoms with van der Waals surface area (Å²) in [6, 6.07) is 6.07. The van der Waals surface area contributed by atoms with Crippen LogP contribution in [-0.4, -0.2) is 28.2 Å². The van der Waals surface area contributed by atoms with Gasteiger partial charge in [0.15, 0.2) is 0 Å². The van der Waals surface area contributed by atoms with E-state index >= 15 is 0 Å². The van der Waals surface area contributed by atoms with Gasteiger partial charge in [-0.2, -0.15) is 11.8 Å². The van der Waals surface area contributed by atoms with Crippen LogP contribution in [0.15, 0.2) is 23.0 Å². The number of hydrogen-bond acceptors (Lipinski definition) is 3. The number of methoxy groups -OCH3 is 1. The number of nitrogens with zero attached hydrogens (tertiary/aromatic N) is 1. The summed E-state index contributed by atoms with van der Waals surface area (Å²) in [5.41, 5.74) is 1.72. The molecule has 1 aromatic heterocycles. The van der Waals surface area contributed by atoms with E-state index in [0.29, 0.717) is 6.04 Å². The zero-order chi connectivity index (χ0) is 11.8. The van der Waals surface area contributed by atoms with Crippen LogP contribution in [0.2, 0.25) is 0 Å². The minimum atomic E-state index is -0.0306. The molecular formula is C12H14N2O2S. The lowest BCUT2D eigenvalue weighted by molar-refractivity contribution is 0.419. The number of aromatic amines is 1. The van der Waals surface area contributed by atoms with Crippen LogP contribution in [0.25, 0.3) is 11.0 Å². The summed E-state index contributed by atoms with van der Waals surface area (Å²) in [5, 5.41) is 0. The Bertz CT molecular complexity index is 596. The second kappa shape index (κ2) is 4.14. The molecule has 0 bridgehead atoms. The van der Waals surface area contributed by atoms with Gasteiger partial charge < -0.3 is 9.72 Å². The van der Waals surface area contributed by atoms with E-state index in [0.717, 1.165) is 34.7 Å². The first kappa shape index (κ1) is 10.8. The monoisotopic (exact) mass is 250 g/mol. The van der Waals surface area contributed by atoms with Crippen molar-refractivity contribution < 1.29 is 4.74 Å². The summed E-state index contributed by atoms with van der Waals surface area (Å²) in [5.74, 6) is 2.88. The Kier molecular flexibility index (Phi) is 2.63. The molecule has 0 amide bonds. The Labute approximate surface area is 103 Å². The van der Waals surface area contributed by atoms with Crippen LogP contribution in [0.3, 0.4) is 0 Å². The van der Waals surface area contributed by atoms with Crippen LogP contribution in [0.5, 0.6) is 5.75 Å². The van der Waals surface area contributed by atoms with Crippen molar-refractivity contribution in [2.75, 3.05) is 18.6 Å². The number of benzene rings is 1. The highest BCUT2D eigenvalue weighted by Crippen LogP contribution is 2.31. The first-order chi connectivity index (χ1) is 8.31. The number of thioether (sulfide) groups is 1. The minimum Gasteiger partial charge on any atom is -0.494 e. The molecule has 0 aliphatic carbocycles. The normalized spacial score (nSPS) is 19.9. The second-order valence-corrected chi connectivity index (χ2v) is 5.32. The maximum absolute atomic E-state index is 12.0. The highest BCUT2D eigenvalue weighted by Gasteiger charge is 2.22. The Morgan fingerprint density at radius 1 is 1.53 bits per heavy atom. The zero-order valence-corrected chi connectivity index (χ0v) is 10.4. The molecule has 1 unspecified atom stereocenters. The SMILES string of the molecule is COc1cccc2c1[nH]c(=O)n2C1CCSC1. The van der Waals surface area contributed by atoms with Crippen LogP contribution >= 0.6 is 11.8 Å². The molecule has 3 rings (SSSR count). The summed E-state index contributed by atoms with van der Waals surface area (Å²) in [6.45, 7) is 0. The molecule has 2 aromatic rings. The number of fused-ring (bicyclic) bond motifs is 1. The predicted molar refractivity (Wildman–Crippen MR) is 70.1 cm³/mol. The molecule has 1 fully saturated rings. The smallest absolute Gasteiger partial charge is 0.326 e. The Morgan fingerprint density at radius 2 is 2.41 bits per heavy atom.